The highest BCUT2D eigenvalue weighted by Crippen LogP contribution is 2.23. The Morgan fingerprint density at radius 3 is 2.52 bits per heavy atom. The van der Waals surface area contributed by atoms with Crippen molar-refractivity contribution >= 4 is 29.2 Å². The van der Waals surface area contributed by atoms with E-state index >= 15 is 0 Å². The van der Waals surface area contributed by atoms with Gasteiger partial charge in [-0.05, 0) is 32.3 Å². The van der Waals surface area contributed by atoms with Crippen LogP contribution in [0.1, 0.15) is 36.5 Å². The van der Waals surface area contributed by atoms with Crippen LogP contribution in [0.15, 0.2) is 18.2 Å². The number of benzene rings is 1. The quantitative estimate of drug-likeness (QED) is 0.477. The minimum atomic E-state index is -0.924. The molecule has 1 aliphatic heterocycles. The molecule has 8 heteroatoms. The number of hydrogen-bond donors (Lipinski definition) is 0. The van der Waals surface area contributed by atoms with Crippen LogP contribution in [-0.4, -0.2) is 40.9 Å². The molecule has 1 atom stereocenters. The molecular formula is C15H17ClN2O5. The van der Waals surface area contributed by atoms with Gasteiger partial charge in [0.25, 0.3) is 11.6 Å². The van der Waals surface area contributed by atoms with Gasteiger partial charge in [0.1, 0.15) is 0 Å². The first kappa shape index (κ1) is 17.2. The third kappa shape index (κ3) is 4.19. The molecule has 0 saturated carbocycles. The summed E-state index contributed by atoms with van der Waals surface area (Å²) in [6.07, 6.45) is 2.06. The summed E-state index contributed by atoms with van der Waals surface area (Å²) < 4.78 is 5.15. The Morgan fingerprint density at radius 2 is 1.96 bits per heavy atom. The normalized spacial score (nSPS) is 15.8. The van der Waals surface area contributed by atoms with Gasteiger partial charge in [-0.15, -0.1) is 0 Å². The Morgan fingerprint density at radius 1 is 1.30 bits per heavy atom. The van der Waals surface area contributed by atoms with Crippen molar-refractivity contribution in [1.82, 2.24) is 4.90 Å². The number of halogens is 1. The SMILES string of the molecule is C[C@H](OC(=O)c1ccc([N+](=O)[O-])cc1Cl)C(=O)N1CCCCC1. The molecule has 0 aliphatic carbocycles. The molecule has 0 aromatic heterocycles. The average molecular weight is 341 g/mol. The van der Waals surface area contributed by atoms with Crippen molar-refractivity contribution in [1.29, 1.82) is 0 Å². The van der Waals surface area contributed by atoms with Crippen LogP contribution in [0.5, 0.6) is 0 Å². The zero-order chi connectivity index (χ0) is 17.0. The lowest BCUT2D eigenvalue weighted by atomic mass is 10.1. The predicted molar refractivity (Wildman–Crippen MR) is 83.4 cm³/mol. The number of amides is 1. The van der Waals surface area contributed by atoms with E-state index in [1.54, 1.807) is 4.90 Å². The first-order chi connectivity index (χ1) is 10.9. The Hall–Kier alpha value is -2.15. The molecule has 7 nitrogen and oxygen atoms in total. The summed E-state index contributed by atoms with van der Waals surface area (Å²) in [4.78, 5) is 36.0. The molecule has 2 rings (SSSR count). The first-order valence-electron chi connectivity index (χ1n) is 7.34. The number of carbonyl (C=O) groups excluding carboxylic acids is 2. The van der Waals surface area contributed by atoms with Gasteiger partial charge >= 0.3 is 5.97 Å². The van der Waals surface area contributed by atoms with E-state index < -0.39 is 17.0 Å². The minimum Gasteiger partial charge on any atom is -0.449 e. The van der Waals surface area contributed by atoms with Crippen LogP contribution in [0.3, 0.4) is 0 Å². The van der Waals surface area contributed by atoms with Gasteiger partial charge in [0, 0.05) is 25.2 Å². The molecule has 124 valence electrons. The Labute approximate surface area is 138 Å². The summed E-state index contributed by atoms with van der Waals surface area (Å²) in [6.45, 7) is 2.84. The number of nitro groups is 1. The number of ether oxygens (including phenoxy) is 1. The molecular weight excluding hydrogens is 324 g/mol. The van der Waals surface area contributed by atoms with Gasteiger partial charge in [-0.1, -0.05) is 11.6 Å². The van der Waals surface area contributed by atoms with Gasteiger partial charge in [0.2, 0.25) is 0 Å². The number of rotatable bonds is 4. The summed E-state index contributed by atoms with van der Waals surface area (Å²) in [6, 6.07) is 3.47. The zero-order valence-corrected chi connectivity index (χ0v) is 13.4. The number of esters is 1. The Kier molecular flexibility index (Phi) is 5.54. The average Bonchev–Trinajstić information content (AvgIpc) is 2.54. The standard InChI is InChI=1S/C15H17ClN2O5/c1-10(14(19)17-7-3-2-4-8-17)23-15(20)12-6-5-11(18(21)22)9-13(12)16/h5-6,9-10H,2-4,7-8H2,1H3/t10-/m0/s1. The number of piperidine rings is 1. The van der Waals surface area contributed by atoms with Crippen molar-refractivity contribution in [3.8, 4) is 0 Å². The van der Waals surface area contributed by atoms with E-state index in [4.69, 9.17) is 16.3 Å². The van der Waals surface area contributed by atoms with Crippen LogP contribution in [0, 0.1) is 10.1 Å². The summed E-state index contributed by atoms with van der Waals surface area (Å²) in [7, 11) is 0. The first-order valence-corrected chi connectivity index (χ1v) is 7.71. The fourth-order valence-electron chi connectivity index (χ4n) is 2.43. The molecule has 0 radical (unpaired) electrons. The summed E-state index contributed by atoms with van der Waals surface area (Å²) in [5.41, 5.74) is -0.223. The van der Waals surface area contributed by atoms with E-state index in [1.165, 1.54) is 19.1 Å². The lowest BCUT2D eigenvalue weighted by molar-refractivity contribution is -0.384. The zero-order valence-electron chi connectivity index (χ0n) is 12.7. The lowest BCUT2D eigenvalue weighted by Crippen LogP contribution is -2.42. The Bertz CT molecular complexity index is 628. The second-order valence-electron chi connectivity index (χ2n) is 5.35. The Balaban J connectivity index is 2.03. The van der Waals surface area contributed by atoms with Crippen molar-refractivity contribution in [2.45, 2.75) is 32.3 Å². The van der Waals surface area contributed by atoms with Crippen LogP contribution in [-0.2, 0) is 9.53 Å². The van der Waals surface area contributed by atoms with E-state index in [0.717, 1.165) is 25.3 Å². The highest BCUT2D eigenvalue weighted by Gasteiger charge is 2.26. The van der Waals surface area contributed by atoms with Crippen LogP contribution in [0.2, 0.25) is 5.02 Å². The largest absolute Gasteiger partial charge is 0.449 e. The van der Waals surface area contributed by atoms with E-state index in [1.807, 2.05) is 0 Å². The monoisotopic (exact) mass is 340 g/mol. The maximum absolute atomic E-state index is 12.2. The van der Waals surface area contributed by atoms with Crippen LogP contribution < -0.4 is 0 Å². The molecule has 23 heavy (non-hydrogen) atoms. The predicted octanol–water partition coefficient (Wildman–Crippen LogP) is 2.81. The summed E-state index contributed by atoms with van der Waals surface area (Å²) in [5, 5.41) is 10.6. The summed E-state index contributed by atoms with van der Waals surface area (Å²) in [5.74, 6) is -1.01. The second-order valence-corrected chi connectivity index (χ2v) is 5.76. The number of nitrogens with zero attached hydrogens (tertiary/aromatic N) is 2. The minimum absolute atomic E-state index is 0.00411. The summed E-state index contributed by atoms with van der Waals surface area (Å²) >= 11 is 5.88. The molecule has 1 heterocycles. The van der Waals surface area contributed by atoms with E-state index in [-0.39, 0.29) is 22.2 Å². The molecule has 1 amide bonds. The smallest absolute Gasteiger partial charge is 0.340 e. The van der Waals surface area contributed by atoms with Gasteiger partial charge in [0.05, 0.1) is 15.5 Å². The third-order valence-corrected chi connectivity index (χ3v) is 4.00. The number of likely N-dealkylation sites (tertiary alicyclic amines) is 1. The maximum Gasteiger partial charge on any atom is 0.340 e. The van der Waals surface area contributed by atoms with Crippen molar-refractivity contribution in [3.05, 3.63) is 38.9 Å². The molecule has 1 aromatic carbocycles. The van der Waals surface area contributed by atoms with Crippen molar-refractivity contribution in [2.24, 2.45) is 0 Å². The number of carbonyl (C=O) groups is 2. The topological polar surface area (TPSA) is 89.7 Å². The number of nitro benzene ring substituents is 1. The molecule has 0 spiro atoms. The van der Waals surface area contributed by atoms with Crippen molar-refractivity contribution in [3.63, 3.8) is 0 Å². The molecule has 1 fully saturated rings. The fraction of sp³-hybridized carbons (Fsp3) is 0.467. The molecule has 0 bridgehead atoms. The van der Waals surface area contributed by atoms with Gasteiger partial charge < -0.3 is 9.64 Å². The van der Waals surface area contributed by atoms with Crippen molar-refractivity contribution < 1.29 is 19.2 Å². The van der Waals surface area contributed by atoms with Crippen LogP contribution in [0.25, 0.3) is 0 Å². The third-order valence-electron chi connectivity index (χ3n) is 3.68. The van der Waals surface area contributed by atoms with Gasteiger partial charge in [0.15, 0.2) is 6.10 Å². The lowest BCUT2D eigenvalue weighted by Gasteiger charge is -2.28. The van der Waals surface area contributed by atoms with E-state index in [9.17, 15) is 19.7 Å². The number of hydrogen-bond acceptors (Lipinski definition) is 5. The van der Waals surface area contributed by atoms with Gasteiger partial charge in [-0.2, -0.15) is 0 Å². The molecule has 1 aromatic rings. The maximum atomic E-state index is 12.2. The van der Waals surface area contributed by atoms with Crippen LogP contribution >= 0.6 is 11.6 Å². The molecule has 0 unspecified atom stereocenters. The van der Waals surface area contributed by atoms with E-state index in [2.05, 4.69) is 0 Å². The molecule has 1 saturated heterocycles. The molecule has 1 aliphatic rings. The van der Waals surface area contributed by atoms with Gasteiger partial charge in [-0.25, -0.2) is 4.79 Å². The molecule has 0 N–H and O–H groups in total. The number of non-ortho nitro benzene ring substituents is 1. The highest BCUT2D eigenvalue weighted by atomic mass is 35.5. The van der Waals surface area contributed by atoms with Crippen molar-refractivity contribution in [2.75, 3.05) is 13.1 Å². The van der Waals surface area contributed by atoms with Crippen LogP contribution in [0.4, 0.5) is 5.69 Å². The van der Waals surface area contributed by atoms with Gasteiger partial charge in [-0.3, -0.25) is 14.9 Å². The second kappa shape index (κ2) is 7.41. The van der Waals surface area contributed by atoms with E-state index in [0.29, 0.717) is 13.1 Å². The highest BCUT2D eigenvalue weighted by molar-refractivity contribution is 6.33. The fourth-order valence-corrected chi connectivity index (χ4v) is 2.68.